The van der Waals surface area contributed by atoms with Crippen LogP contribution in [0, 0.1) is 25.6 Å². The molecule has 2 nitrogen and oxygen atoms in total. The van der Waals surface area contributed by atoms with E-state index in [1.165, 1.54) is 6.07 Å². The summed E-state index contributed by atoms with van der Waals surface area (Å²) in [5, 5.41) is 13.4. The zero-order valence-corrected chi connectivity index (χ0v) is 10.5. The molecule has 1 aliphatic heterocycles. The summed E-state index contributed by atoms with van der Waals surface area (Å²) in [6.45, 7) is 5.56. The number of phenolic OH excluding ortho intramolecular Hbond substituents is 1. The van der Waals surface area contributed by atoms with Crippen molar-refractivity contribution >= 4 is 0 Å². The molecule has 0 aliphatic carbocycles. The van der Waals surface area contributed by atoms with Gasteiger partial charge in [-0.1, -0.05) is 0 Å². The number of aryl methyl sites for hydroxylation is 1. The molecule has 0 unspecified atom stereocenters. The van der Waals surface area contributed by atoms with Gasteiger partial charge in [-0.2, -0.15) is 0 Å². The van der Waals surface area contributed by atoms with Crippen LogP contribution in [0.4, 0.5) is 4.39 Å². The van der Waals surface area contributed by atoms with Crippen LogP contribution in [0.25, 0.3) is 0 Å². The summed E-state index contributed by atoms with van der Waals surface area (Å²) in [5.41, 5.74) is 2.04. The smallest absolute Gasteiger partial charge is 0.126 e. The molecule has 1 fully saturated rings. The number of hydrogen-bond acceptors (Lipinski definition) is 2. The summed E-state index contributed by atoms with van der Waals surface area (Å²) in [4.78, 5) is 0. The molecule has 1 saturated heterocycles. The first kappa shape index (κ1) is 12.4. The van der Waals surface area contributed by atoms with Crippen LogP contribution in [0.3, 0.4) is 0 Å². The molecule has 3 heteroatoms. The molecule has 0 bridgehead atoms. The van der Waals surface area contributed by atoms with E-state index < -0.39 is 0 Å². The number of benzene rings is 1. The predicted octanol–water partition coefficient (Wildman–Crippen LogP) is 2.69. The van der Waals surface area contributed by atoms with Gasteiger partial charge in [0.25, 0.3) is 0 Å². The standard InChI is InChI=1S/C14H20FNO/c1-9-7-13(15)10(2)12(14(9)17)8-11-3-5-16-6-4-11/h7,11,16-17H,3-6,8H2,1-2H3. The number of nitrogens with one attached hydrogen (secondary N) is 1. The van der Waals surface area contributed by atoms with E-state index >= 15 is 0 Å². The highest BCUT2D eigenvalue weighted by atomic mass is 19.1. The quantitative estimate of drug-likeness (QED) is 0.829. The topological polar surface area (TPSA) is 32.3 Å². The summed E-state index contributed by atoms with van der Waals surface area (Å²) in [6.07, 6.45) is 3.00. The Labute approximate surface area is 102 Å². The van der Waals surface area contributed by atoms with Crippen LogP contribution in [-0.2, 0) is 6.42 Å². The molecule has 0 atom stereocenters. The second-order valence-electron chi connectivity index (χ2n) is 5.02. The maximum Gasteiger partial charge on any atom is 0.126 e. The van der Waals surface area contributed by atoms with Crippen LogP contribution in [0.1, 0.15) is 29.5 Å². The molecule has 1 aromatic carbocycles. The lowest BCUT2D eigenvalue weighted by atomic mass is 9.88. The fourth-order valence-corrected chi connectivity index (χ4v) is 2.55. The Bertz CT molecular complexity index is 385. The Hall–Kier alpha value is -1.09. The molecule has 2 N–H and O–H groups in total. The summed E-state index contributed by atoms with van der Waals surface area (Å²) in [5.74, 6) is 0.633. The van der Waals surface area contributed by atoms with Crippen molar-refractivity contribution in [2.45, 2.75) is 33.1 Å². The maximum atomic E-state index is 13.7. The molecule has 17 heavy (non-hydrogen) atoms. The zero-order valence-electron chi connectivity index (χ0n) is 10.5. The van der Waals surface area contributed by atoms with Crippen LogP contribution in [-0.4, -0.2) is 18.2 Å². The van der Waals surface area contributed by atoms with Gasteiger partial charge in [0.05, 0.1) is 0 Å². The van der Waals surface area contributed by atoms with Crippen LogP contribution < -0.4 is 5.32 Å². The van der Waals surface area contributed by atoms with Crippen LogP contribution >= 0.6 is 0 Å². The van der Waals surface area contributed by atoms with E-state index in [1.54, 1.807) is 13.8 Å². The minimum Gasteiger partial charge on any atom is -0.507 e. The molecule has 0 amide bonds. The van der Waals surface area contributed by atoms with Crippen molar-refractivity contribution in [3.8, 4) is 5.75 Å². The van der Waals surface area contributed by atoms with Gasteiger partial charge in [-0.25, -0.2) is 4.39 Å². The number of piperidine rings is 1. The first-order valence-electron chi connectivity index (χ1n) is 6.28. The van der Waals surface area contributed by atoms with Gasteiger partial charge in [0.15, 0.2) is 0 Å². The van der Waals surface area contributed by atoms with Crippen molar-refractivity contribution in [1.29, 1.82) is 0 Å². The number of aromatic hydroxyl groups is 1. The van der Waals surface area contributed by atoms with Crippen LogP contribution in [0.2, 0.25) is 0 Å². The van der Waals surface area contributed by atoms with E-state index in [9.17, 15) is 9.50 Å². The van der Waals surface area contributed by atoms with Crippen LogP contribution in [0.15, 0.2) is 6.07 Å². The van der Waals surface area contributed by atoms with E-state index in [4.69, 9.17) is 0 Å². The fraction of sp³-hybridized carbons (Fsp3) is 0.571. The second kappa shape index (κ2) is 5.05. The van der Waals surface area contributed by atoms with Crippen LogP contribution in [0.5, 0.6) is 5.75 Å². The van der Waals surface area contributed by atoms with E-state index in [0.717, 1.165) is 37.9 Å². The number of halogens is 1. The van der Waals surface area contributed by atoms with Gasteiger partial charge in [-0.05, 0) is 69.3 Å². The molecule has 0 radical (unpaired) electrons. The highest BCUT2D eigenvalue weighted by Crippen LogP contribution is 2.31. The lowest BCUT2D eigenvalue weighted by Gasteiger charge is -2.24. The Morgan fingerprint density at radius 2 is 2.00 bits per heavy atom. The van der Waals surface area contributed by atoms with E-state index in [1.807, 2.05) is 0 Å². The molecule has 0 spiro atoms. The van der Waals surface area contributed by atoms with Gasteiger partial charge in [-0.3, -0.25) is 0 Å². The summed E-state index contributed by atoms with van der Waals surface area (Å²) in [6, 6.07) is 1.41. The van der Waals surface area contributed by atoms with Crippen molar-refractivity contribution in [3.05, 3.63) is 28.6 Å². The molecule has 0 saturated carbocycles. The number of phenols is 1. The van der Waals surface area contributed by atoms with E-state index in [0.29, 0.717) is 17.0 Å². The molecular formula is C14H20FNO. The lowest BCUT2D eigenvalue weighted by Crippen LogP contribution is -2.28. The van der Waals surface area contributed by atoms with Gasteiger partial charge >= 0.3 is 0 Å². The molecule has 1 aliphatic rings. The Morgan fingerprint density at radius 3 is 2.65 bits per heavy atom. The average molecular weight is 237 g/mol. The zero-order chi connectivity index (χ0) is 12.4. The summed E-state index contributed by atoms with van der Waals surface area (Å²) in [7, 11) is 0. The second-order valence-corrected chi connectivity index (χ2v) is 5.02. The molecule has 94 valence electrons. The van der Waals surface area contributed by atoms with Gasteiger partial charge in [0, 0.05) is 5.56 Å². The van der Waals surface area contributed by atoms with Gasteiger partial charge in [0.1, 0.15) is 11.6 Å². The molecule has 1 aromatic rings. The van der Waals surface area contributed by atoms with Gasteiger partial charge in [-0.15, -0.1) is 0 Å². The SMILES string of the molecule is Cc1cc(F)c(C)c(CC2CCNCC2)c1O. The molecule has 0 aromatic heterocycles. The maximum absolute atomic E-state index is 13.7. The average Bonchev–Trinajstić information content (AvgIpc) is 2.33. The third-order valence-corrected chi connectivity index (χ3v) is 3.77. The van der Waals surface area contributed by atoms with Crippen molar-refractivity contribution in [2.75, 3.05) is 13.1 Å². The third kappa shape index (κ3) is 2.60. The van der Waals surface area contributed by atoms with Crippen molar-refractivity contribution in [1.82, 2.24) is 5.32 Å². The predicted molar refractivity (Wildman–Crippen MR) is 66.8 cm³/mol. The molecule has 2 rings (SSSR count). The summed E-state index contributed by atoms with van der Waals surface area (Å²) < 4.78 is 13.7. The third-order valence-electron chi connectivity index (χ3n) is 3.77. The minimum atomic E-state index is -0.204. The van der Waals surface area contributed by atoms with E-state index in [2.05, 4.69) is 5.32 Å². The number of rotatable bonds is 2. The van der Waals surface area contributed by atoms with Gasteiger partial charge in [0.2, 0.25) is 0 Å². The Balaban J connectivity index is 2.24. The normalized spacial score (nSPS) is 17.4. The summed E-state index contributed by atoms with van der Waals surface area (Å²) >= 11 is 0. The monoisotopic (exact) mass is 237 g/mol. The first-order valence-corrected chi connectivity index (χ1v) is 6.28. The largest absolute Gasteiger partial charge is 0.507 e. The van der Waals surface area contributed by atoms with Crippen molar-refractivity contribution < 1.29 is 9.50 Å². The van der Waals surface area contributed by atoms with E-state index in [-0.39, 0.29) is 11.6 Å². The Morgan fingerprint density at radius 1 is 1.35 bits per heavy atom. The van der Waals surface area contributed by atoms with Crippen molar-refractivity contribution in [3.63, 3.8) is 0 Å². The van der Waals surface area contributed by atoms with Gasteiger partial charge < -0.3 is 10.4 Å². The molecular weight excluding hydrogens is 217 g/mol. The van der Waals surface area contributed by atoms with Crippen molar-refractivity contribution in [2.24, 2.45) is 5.92 Å². The number of hydrogen-bond donors (Lipinski definition) is 2. The minimum absolute atomic E-state index is 0.204. The molecule has 1 heterocycles. The fourth-order valence-electron chi connectivity index (χ4n) is 2.55. The first-order chi connectivity index (χ1) is 8.09. The Kier molecular flexibility index (Phi) is 3.67. The highest BCUT2D eigenvalue weighted by molar-refractivity contribution is 5.45. The lowest BCUT2D eigenvalue weighted by molar-refractivity contribution is 0.364. The highest BCUT2D eigenvalue weighted by Gasteiger charge is 2.19.